The smallest absolute Gasteiger partial charge is 0.210 e. The number of hydrogen-bond acceptors (Lipinski definition) is 3. The van der Waals surface area contributed by atoms with Crippen molar-refractivity contribution in [2.75, 3.05) is 0 Å². The highest BCUT2D eigenvalue weighted by atomic mass is 32.2. The van der Waals surface area contributed by atoms with Crippen molar-refractivity contribution in [3.63, 3.8) is 0 Å². The molecule has 0 spiro atoms. The molecule has 5 nitrogen and oxygen atoms in total. The molecule has 0 saturated carbocycles. The second-order valence-electron chi connectivity index (χ2n) is 10.9. The fourth-order valence-electron chi connectivity index (χ4n) is 6.54. The van der Waals surface area contributed by atoms with Crippen molar-refractivity contribution in [1.82, 2.24) is 14.1 Å². The van der Waals surface area contributed by atoms with Gasteiger partial charge in [-0.15, -0.1) is 0 Å². The SMILES string of the molecule is O=S1(=O)c2cc(-c3ccc(-n4c5ccccc5c5ccccc54)cc3)ccc2-n2c(-c3ccccc3)nc3cccc1c32. The lowest BCUT2D eigenvalue weighted by Gasteiger charge is -2.22. The van der Waals surface area contributed by atoms with Crippen molar-refractivity contribution in [1.29, 1.82) is 0 Å². The molecule has 1 aliphatic rings. The Bertz CT molecular complexity index is 2460. The van der Waals surface area contributed by atoms with Crippen molar-refractivity contribution in [3.05, 3.63) is 140 Å². The summed E-state index contributed by atoms with van der Waals surface area (Å²) >= 11 is 0. The number of aromatic nitrogens is 3. The number of hydrogen-bond donors (Lipinski definition) is 0. The molecule has 9 rings (SSSR count). The Morgan fingerprint density at radius 2 is 1.16 bits per heavy atom. The quantitative estimate of drug-likeness (QED) is 0.213. The number of rotatable bonds is 3. The number of fused-ring (bicyclic) bond motifs is 5. The van der Waals surface area contributed by atoms with Gasteiger partial charge in [-0.2, -0.15) is 0 Å². The third kappa shape index (κ3) is 3.38. The molecule has 0 saturated heterocycles. The van der Waals surface area contributed by atoms with Gasteiger partial charge in [0, 0.05) is 22.0 Å². The molecule has 2 aromatic heterocycles. The van der Waals surface area contributed by atoms with Crippen molar-refractivity contribution < 1.29 is 8.42 Å². The van der Waals surface area contributed by atoms with Gasteiger partial charge in [0.2, 0.25) is 9.84 Å². The summed E-state index contributed by atoms with van der Waals surface area (Å²) in [5.74, 6) is 0.725. The van der Waals surface area contributed by atoms with E-state index in [1.54, 1.807) is 18.2 Å². The van der Waals surface area contributed by atoms with Crippen LogP contribution in [-0.4, -0.2) is 22.5 Å². The minimum atomic E-state index is -3.76. The fraction of sp³-hybridized carbons (Fsp3) is 0. The summed E-state index contributed by atoms with van der Waals surface area (Å²) in [7, 11) is -3.76. The van der Waals surface area contributed by atoms with Crippen LogP contribution in [0.15, 0.2) is 149 Å². The molecule has 3 heterocycles. The zero-order valence-corrected chi connectivity index (χ0v) is 23.7. The van der Waals surface area contributed by atoms with Gasteiger partial charge in [-0.1, -0.05) is 91.0 Å². The third-order valence-corrected chi connectivity index (χ3v) is 10.3. The van der Waals surface area contributed by atoms with Crippen LogP contribution in [-0.2, 0) is 9.84 Å². The minimum Gasteiger partial charge on any atom is -0.309 e. The van der Waals surface area contributed by atoms with Gasteiger partial charge >= 0.3 is 0 Å². The lowest BCUT2D eigenvalue weighted by molar-refractivity contribution is 0.594. The maximum atomic E-state index is 14.0. The predicted octanol–water partition coefficient (Wildman–Crippen LogP) is 8.60. The van der Waals surface area contributed by atoms with Gasteiger partial charge in [0.1, 0.15) is 5.82 Å². The fourth-order valence-corrected chi connectivity index (χ4v) is 8.21. The first-order valence-corrected chi connectivity index (χ1v) is 15.6. The average molecular weight is 574 g/mol. The van der Waals surface area contributed by atoms with Crippen molar-refractivity contribution in [2.45, 2.75) is 9.79 Å². The molecule has 204 valence electrons. The van der Waals surface area contributed by atoms with Crippen molar-refractivity contribution >= 4 is 42.7 Å². The van der Waals surface area contributed by atoms with E-state index in [1.165, 1.54) is 10.8 Å². The van der Waals surface area contributed by atoms with E-state index in [-0.39, 0.29) is 9.79 Å². The maximum Gasteiger partial charge on any atom is 0.210 e. The summed E-state index contributed by atoms with van der Waals surface area (Å²) in [6, 6.07) is 46.1. The van der Waals surface area contributed by atoms with E-state index in [2.05, 4.69) is 77.4 Å². The van der Waals surface area contributed by atoms with E-state index >= 15 is 0 Å². The van der Waals surface area contributed by atoms with E-state index in [1.807, 2.05) is 53.1 Å². The van der Waals surface area contributed by atoms with Crippen LogP contribution in [0.2, 0.25) is 0 Å². The van der Waals surface area contributed by atoms with E-state index in [0.717, 1.165) is 39.2 Å². The van der Waals surface area contributed by atoms with Gasteiger partial charge in [0.25, 0.3) is 0 Å². The van der Waals surface area contributed by atoms with Gasteiger partial charge in [-0.05, 0) is 59.7 Å². The molecule has 0 atom stereocenters. The van der Waals surface area contributed by atoms with Crippen LogP contribution < -0.4 is 0 Å². The van der Waals surface area contributed by atoms with Gasteiger partial charge in [0.15, 0.2) is 0 Å². The molecule has 0 amide bonds. The summed E-state index contributed by atoms with van der Waals surface area (Å²) in [5, 5.41) is 2.43. The topological polar surface area (TPSA) is 56.9 Å². The molecular formula is C37H23N3O2S. The largest absolute Gasteiger partial charge is 0.309 e. The van der Waals surface area contributed by atoms with Crippen LogP contribution in [0, 0.1) is 0 Å². The standard InChI is InChI=1S/C37H23N3O2S/c41-43(42)34-16-8-13-30-36(34)40(37(38-30)25-9-2-1-3-10-25)33-22-19-26(23-35(33)43)24-17-20-27(21-18-24)39-31-14-6-4-11-28(31)29-12-5-7-15-32(29)39/h1-23H. The summed E-state index contributed by atoms with van der Waals surface area (Å²) in [6.45, 7) is 0. The lowest BCUT2D eigenvalue weighted by atomic mass is 10.0. The molecular weight excluding hydrogens is 550 g/mol. The molecule has 6 aromatic carbocycles. The monoisotopic (exact) mass is 573 g/mol. The highest BCUT2D eigenvalue weighted by molar-refractivity contribution is 7.92. The summed E-state index contributed by atoms with van der Waals surface area (Å²) < 4.78 is 32.3. The Kier molecular flexibility index (Phi) is 4.93. The van der Waals surface area contributed by atoms with Gasteiger partial charge < -0.3 is 4.57 Å². The normalized spacial score (nSPS) is 13.5. The number of nitrogens with zero attached hydrogens (tertiary/aromatic N) is 3. The van der Waals surface area contributed by atoms with Crippen LogP contribution >= 0.6 is 0 Å². The van der Waals surface area contributed by atoms with E-state index in [0.29, 0.717) is 16.7 Å². The van der Waals surface area contributed by atoms with E-state index in [9.17, 15) is 8.42 Å². The van der Waals surface area contributed by atoms with E-state index in [4.69, 9.17) is 4.98 Å². The van der Waals surface area contributed by atoms with Gasteiger partial charge in [-0.25, -0.2) is 13.4 Å². The number of imidazole rings is 1. The molecule has 0 fully saturated rings. The van der Waals surface area contributed by atoms with Crippen molar-refractivity contribution in [2.24, 2.45) is 0 Å². The molecule has 0 N–H and O–H groups in total. The number of para-hydroxylation sites is 3. The predicted molar refractivity (Wildman–Crippen MR) is 172 cm³/mol. The van der Waals surface area contributed by atoms with Crippen molar-refractivity contribution in [3.8, 4) is 33.9 Å². The van der Waals surface area contributed by atoms with Crippen LogP contribution in [0.5, 0.6) is 0 Å². The van der Waals surface area contributed by atoms with E-state index < -0.39 is 9.84 Å². The molecule has 0 unspecified atom stereocenters. The highest BCUT2D eigenvalue weighted by Gasteiger charge is 2.34. The maximum absolute atomic E-state index is 14.0. The zero-order chi connectivity index (χ0) is 28.7. The Morgan fingerprint density at radius 3 is 1.88 bits per heavy atom. The van der Waals surface area contributed by atoms with Gasteiger partial charge in [0.05, 0.1) is 37.5 Å². The summed E-state index contributed by atoms with van der Waals surface area (Å²) in [4.78, 5) is 5.44. The highest BCUT2D eigenvalue weighted by Crippen LogP contribution is 2.43. The molecule has 0 aliphatic carbocycles. The Morgan fingerprint density at radius 1 is 0.512 bits per heavy atom. The lowest BCUT2D eigenvalue weighted by Crippen LogP contribution is -2.15. The van der Waals surface area contributed by atoms with Crippen LogP contribution in [0.25, 0.3) is 66.7 Å². The molecule has 0 radical (unpaired) electrons. The van der Waals surface area contributed by atoms with Gasteiger partial charge in [-0.3, -0.25) is 4.57 Å². The minimum absolute atomic E-state index is 0.283. The molecule has 6 heteroatoms. The number of sulfone groups is 1. The molecule has 8 aromatic rings. The average Bonchev–Trinajstić information content (AvgIpc) is 3.61. The zero-order valence-electron chi connectivity index (χ0n) is 22.8. The summed E-state index contributed by atoms with van der Waals surface area (Å²) in [5.41, 5.74) is 7.96. The first-order chi connectivity index (χ1) is 21.1. The molecule has 1 aliphatic heterocycles. The second-order valence-corrected chi connectivity index (χ2v) is 12.7. The Labute approximate surface area is 247 Å². The first-order valence-electron chi connectivity index (χ1n) is 14.1. The van der Waals surface area contributed by atoms with Crippen LogP contribution in [0.1, 0.15) is 0 Å². The van der Waals surface area contributed by atoms with Crippen LogP contribution in [0.4, 0.5) is 0 Å². The van der Waals surface area contributed by atoms with Crippen LogP contribution in [0.3, 0.4) is 0 Å². The first kappa shape index (κ1) is 24.2. The second kappa shape index (κ2) is 8.77. The Hall–Kier alpha value is -5.46. The summed E-state index contributed by atoms with van der Waals surface area (Å²) in [6.07, 6.45) is 0. The Balaban J connectivity index is 1.20. The number of benzene rings is 6. The third-order valence-electron chi connectivity index (χ3n) is 8.49. The molecule has 0 bridgehead atoms. The molecule has 43 heavy (non-hydrogen) atoms.